The van der Waals surface area contributed by atoms with Crippen molar-refractivity contribution in [2.75, 3.05) is 6.86 Å². The number of alkyl halides is 2. The molecule has 0 bridgehead atoms. The predicted octanol–water partition coefficient (Wildman–Crippen LogP) is 3.62. The fourth-order valence-electron chi connectivity index (χ4n) is 1.11. The lowest BCUT2D eigenvalue weighted by molar-refractivity contribution is -0.116. The molecule has 0 amide bonds. The molecule has 1 rings (SSSR count). The molecule has 1 aromatic rings. The maximum atomic E-state index is 12.0. The quantitative estimate of drug-likeness (QED) is 0.793. The van der Waals surface area contributed by atoms with E-state index in [1.165, 1.54) is 6.92 Å². The van der Waals surface area contributed by atoms with Crippen molar-refractivity contribution in [1.29, 1.82) is 0 Å². The molecule has 0 aliphatic rings. The van der Waals surface area contributed by atoms with Gasteiger partial charge in [0.25, 0.3) is 0 Å². The van der Waals surface area contributed by atoms with Gasteiger partial charge in [0.15, 0.2) is 5.78 Å². The Labute approximate surface area is 101 Å². The standard InChI is InChI=1S/C10H9BrClFO2/c1-6(14)10(12)7-2-8(11)4-9(3-7)15-5-13/h2-4,10H,5H2,1H3. The van der Waals surface area contributed by atoms with Crippen molar-refractivity contribution >= 4 is 33.3 Å². The van der Waals surface area contributed by atoms with E-state index in [0.29, 0.717) is 15.8 Å². The number of ketones is 1. The molecule has 1 aromatic carbocycles. The first-order chi connectivity index (χ1) is 7.04. The summed E-state index contributed by atoms with van der Waals surface area (Å²) in [6.45, 7) is 0.483. The van der Waals surface area contributed by atoms with E-state index in [2.05, 4.69) is 15.9 Å². The minimum atomic E-state index is -0.914. The van der Waals surface area contributed by atoms with Gasteiger partial charge in [0.1, 0.15) is 11.1 Å². The number of benzene rings is 1. The summed E-state index contributed by atoms with van der Waals surface area (Å²) in [6, 6.07) is 4.85. The Morgan fingerprint density at radius 3 is 2.80 bits per heavy atom. The van der Waals surface area contributed by atoms with Crippen LogP contribution >= 0.6 is 27.5 Å². The summed E-state index contributed by atoms with van der Waals surface area (Å²) in [4.78, 5) is 11.1. The highest BCUT2D eigenvalue weighted by molar-refractivity contribution is 9.10. The average Bonchev–Trinajstić information content (AvgIpc) is 2.16. The first-order valence-corrected chi connectivity index (χ1v) is 5.41. The average molecular weight is 296 g/mol. The second-order valence-electron chi connectivity index (χ2n) is 2.95. The van der Waals surface area contributed by atoms with Crippen LogP contribution in [-0.2, 0) is 4.79 Å². The van der Waals surface area contributed by atoms with Crippen molar-refractivity contribution < 1.29 is 13.9 Å². The van der Waals surface area contributed by atoms with Crippen LogP contribution in [0.4, 0.5) is 4.39 Å². The van der Waals surface area contributed by atoms with Crippen LogP contribution in [0.2, 0.25) is 0 Å². The molecule has 15 heavy (non-hydrogen) atoms. The summed E-state index contributed by atoms with van der Waals surface area (Å²) in [7, 11) is 0. The third-order valence-corrected chi connectivity index (χ3v) is 2.78. The van der Waals surface area contributed by atoms with Crippen LogP contribution in [0.15, 0.2) is 22.7 Å². The van der Waals surface area contributed by atoms with Gasteiger partial charge in [-0.05, 0) is 30.7 Å². The van der Waals surface area contributed by atoms with Crippen LogP contribution in [0, 0.1) is 0 Å². The molecule has 0 spiro atoms. The van der Waals surface area contributed by atoms with Crippen LogP contribution in [-0.4, -0.2) is 12.6 Å². The number of hydrogen-bond acceptors (Lipinski definition) is 2. The fourth-order valence-corrected chi connectivity index (χ4v) is 1.73. The summed E-state index contributed by atoms with van der Waals surface area (Å²) in [5.74, 6) is 0.176. The van der Waals surface area contributed by atoms with Gasteiger partial charge in [-0.3, -0.25) is 4.79 Å². The van der Waals surface area contributed by atoms with E-state index in [4.69, 9.17) is 16.3 Å². The molecular formula is C10H9BrClFO2. The van der Waals surface area contributed by atoms with Gasteiger partial charge >= 0.3 is 0 Å². The summed E-state index contributed by atoms with van der Waals surface area (Å²) in [5, 5.41) is -0.732. The van der Waals surface area contributed by atoms with Crippen LogP contribution in [0.1, 0.15) is 17.9 Å². The van der Waals surface area contributed by atoms with E-state index >= 15 is 0 Å². The Morgan fingerprint density at radius 1 is 1.60 bits per heavy atom. The van der Waals surface area contributed by atoms with Gasteiger partial charge in [-0.2, -0.15) is 0 Å². The van der Waals surface area contributed by atoms with Crippen LogP contribution < -0.4 is 4.74 Å². The van der Waals surface area contributed by atoms with Crippen molar-refractivity contribution in [2.45, 2.75) is 12.3 Å². The van der Waals surface area contributed by atoms with Crippen LogP contribution in [0.5, 0.6) is 5.75 Å². The maximum absolute atomic E-state index is 12.0. The Kier molecular flexibility index (Phi) is 4.54. The van der Waals surface area contributed by atoms with Crippen LogP contribution in [0.25, 0.3) is 0 Å². The number of carbonyl (C=O) groups excluding carboxylic acids is 1. The molecule has 1 atom stereocenters. The first-order valence-electron chi connectivity index (χ1n) is 4.18. The molecule has 1 unspecified atom stereocenters. The van der Waals surface area contributed by atoms with E-state index in [-0.39, 0.29) is 5.78 Å². The summed E-state index contributed by atoms with van der Waals surface area (Å²) in [5.41, 5.74) is 0.585. The Hall–Kier alpha value is -0.610. The summed E-state index contributed by atoms with van der Waals surface area (Å²) >= 11 is 9.09. The molecule has 5 heteroatoms. The minimum absolute atomic E-state index is 0.166. The molecule has 0 saturated carbocycles. The third kappa shape index (κ3) is 3.47. The van der Waals surface area contributed by atoms with Gasteiger partial charge in [-0.25, -0.2) is 4.39 Å². The van der Waals surface area contributed by atoms with Crippen molar-refractivity contribution in [2.24, 2.45) is 0 Å². The normalized spacial score (nSPS) is 12.3. The summed E-state index contributed by atoms with van der Waals surface area (Å²) < 4.78 is 17.3. The van der Waals surface area contributed by atoms with Gasteiger partial charge in [-0.15, -0.1) is 11.6 Å². The molecule has 0 radical (unpaired) electrons. The zero-order chi connectivity index (χ0) is 11.4. The van der Waals surface area contributed by atoms with Crippen molar-refractivity contribution in [1.82, 2.24) is 0 Å². The lowest BCUT2D eigenvalue weighted by Gasteiger charge is -2.09. The van der Waals surface area contributed by atoms with Gasteiger partial charge < -0.3 is 4.74 Å². The molecule has 0 N–H and O–H groups in total. The number of Topliss-reactive ketones (excluding diaryl/α,β-unsaturated/α-hetero) is 1. The molecule has 0 aromatic heterocycles. The molecule has 82 valence electrons. The van der Waals surface area contributed by atoms with E-state index in [1.807, 2.05) is 0 Å². The van der Waals surface area contributed by atoms with E-state index in [1.54, 1.807) is 18.2 Å². The van der Waals surface area contributed by atoms with Gasteiger partial charge in [-0.1, -0.05) is 15.9 Å². The Bertz CT molecular complexity index is 370. The number of hydrogen-bond donors (Lipinski definition) is 0. The second kappa shape index (κ2) is 5.47. The molecule has 0 saturated heterocycles. The highest BCUT2D eigenvalue weighted by atomic mass is 79.9. The largest absolute Gasteiger partial charge is 0.463 e. The Morgan fingerprint density at radius 2 is 2.27 bits per heavy atom. The van der Waals surface area contributed by atoms with Crippen molar-refractivity contribution in [3.63, 3.8) is 0 Å². The molecule has 0 aliphatic carbocycles. The predicted molar refractivity (Wildman–Crippen MR) is 60.0 cm³/mol. The maximum Gasteiger partial charge on any atom is 0.228 e. The van der Waals surface area contributed by atoms with Gasteiger partial charge in [0.05, 0.1) is 0 Å². The SMILES string of the molecule is CC(=O)C(Cl)c1cc(Br)cc(OCF)c1. The third-order valence-electron chi connectivity index (χ3n) is 1.76. The summed E-state index contributed by atoms with van der Waals surface area (Å²) in [6.07, 6.45) is 0. The highest BCUT2D eigenvalue weighted by Crippen LogP contribution is 2.29. The fraction of sp³-hybridized carbons (Fsp3) is 0.300. The molecule has 0 heterocycles. The number of rotatable bonds is 4. The zero-order valence-electron chi connectivity index (χ0n) is 7.97. The number of halogens is 3. The Balaban J connectivity index is 3.02. The smallest absolute Gasteiger partial charge is 0.228 e. The van der Waals surface area contributed by atoms with Crippen molar-refractivity contribution in [3.8, 4) is 5.75 Å². The topological polar surface area (TPSA) is 26.3 Å². The van der Waals surface area contributed by atoms with Gasteiger partial charge in [0, 0.05) is 4.47 Å². The first kappa shape index (κ1) is 12.5. The second-order valence-corrected chi connectivity index (χ2v) is 4.30. The minimum Gasteiger partial charge on any atom is -0.463 e. The molecule has 0 aliphatic heterocycles. The molecule has 2 nitrogen and oxygen atoms in total. The number of carbonyl (C=O) groups is 1. The van der Waals surface area contributed by atoms with Crippen molar-refractivity contribution in [3.05, 3.63) is 28.2 Å². The lowest BCUT2D eigenvalue weighted by Crippen LogP contribution is -2.02. The van der Waals surface area contributed by atoms with Crippen LogP contribution in [0.3, 0.4) is 0 Å². The van der Waals surface area contributed by atoms with Gasteiger partial charge in [0.2, 0.25) is 6.86 Å². The van der Waals surface area contributed by atoms with E-state index in [9.17, 15) is 9.18 Å². The number of ether oxygens (including phenoxy) is 1. The monoisotopic (exact) mass is 294 g/mol. The molecule has 0 fully saturated rings. The zero-order valence-corrected chi connectivity index (χ0v) is 10.3. The van der Waals surface area contributed by atoms with E-state index in [0.717, 1.165) is 0 Å². The highest BCUT2D eigenvalue weighted by Gasteiger charge is 2.14. The lowest BCUT2D eigenvalue weighted by atomic mass is 10.1. The molecular weight excluding hydrogens is 286 g/mol. The van der Waals surface area contributed by atoms with E-state index < -0.39 is 12.2 Å².